The van der Waals surface area contributed by atoms with Gasteiger partial charge in [0.2, 0.25) is 0 Å². The van der Waals surface area contributed by atoms with Crippen LogP contribution in [-0.2, 0) is 17.4 Å². The van der Waals surface area contributed by atoms with Crippen LogP contribution in [0.15, 0.2) is 60.7 Å². The summed E-state index contributed by atoms with van der Waals surface area (Å²) in [6, 6.07) is 15.4. The Labute approximate surface area is 159 Å². The van der Waals surface area contributed by atoms with E-state index in [1.54, 1.807) is 36.4 Å². The third-order valence-corrected chi connectivity index (χ3v) is 4.38. The van der Waals surface area contributed by atoms with E-state index in [0.717, 1.165) is 6.07 Å². The van der Waals surface area contributed by atoms with E-state index in [2.05, 4.69) is 0 Å². The van der Waals surface area contributed by atoms with Crippen molar-refractivity contribution in [3.05, 3.63) is 71.9 Å². The van der Waals surface area contributed by atoms with Crippen LogP contribution < -0.4 is 9.84 Å². The summed E-state index contributed by atoms with van der Waals surface area (Å²) in [5, 5.41) is 10.9. The number of alkyl halides is 3. The molecule has 1 aromatic heterocycles. The maximum atomic E-state index is 13.6. The third-order valence-electron chi connectivity index (χ3n) is 4.38. The molecule has 0 aliphatic carbocycles. The van der Waals surface area contributed by atoms with E-state index in [9.17, 15) is 23.1 Å². The number of ether oxygens (including phenoxy) is 1. The van der Waals surface area contributed by atoms with Crippen LogP contribution in [0.2, 0.25) is 0 Å². The lowest BCUT2D eigenvalue weighted by molar-refractivity contribution is -0.305. The lowest BCUT2D eigenvalue weighted by atomic mass is 10.1. The molecule has 0 amide bonds. The third kappa shape index (κ3) is 4.03. The van der Waals surface area contributed by atoms with Gasteiger partial charge in [-0.1, -0.05) is 12.1 Å². The number of carbonyl (C=O) groups excluding carboxylic acids is 1. The maximum absolute atomic E-state index is 13.6. The molecular weight excluding hydrogens is 371 g/mol. The second-order valence-corrected chi connectivity index (χ2v) is 6.16. The summed E-state index contributed by atoms with van der Waals surface area (Å²) in [5.41, 5.74) is 0.798. The zero-order chi connectivity index (χ0) is 20.3. The van der Waals surface area contributed by atoms with Crippen molar-refractivity contribution >= 4 is 5.97 Å². The van der Waals surface area contributed by atoms with E-state index in [0.29, 0.717) is 22.7 Å². The van der Waals surface area contributed by atoms with Crippen LogP contribution in [0, 0.1) is 0 Å². The second kappa shape index (κ2) is 7.80. The first-order chi connectivity index (χ1) is 13.3. The minimum atomic E-state index is -4.55. The summed E-state index contributed by atoms with van der Waals surface area (Å²) in [6.45, 7) is 0. The van der Waals surface area contributed by atoms with Crippen molar-refractivity contribution in [3.63, 3.8) is 0 Å². The Morgan fingerprint density at radius 2 is 1.71 bits per heavy atom. The quantitative estimate of drug-likeness (QED) is 0.645. The molecule has 0 saturated heterocycles. The number of nitrogens with zero attached hydrogens (tertiary/aromatic N) is 1. The average Bonchev–Trinajstić information content (AvgIpc) is 3.09. The number of hydrogen-bond acceptors (Lipinski definition) is 3. The van der Waals surface area contributed by atoms with Crippen molar-refractivity contribution in [1.29, 1.82) is 0 Å². The second-order valence-electron chi connectivity index (χ2n) is 6.16. The number of aryl methyl sites for hydroxylation is 1. The maximum Gasteiger partial charge on any atom is 0.418 e. The van der Waals surface area contributed by atoms with Crippen LogP contribution in [-0.4, -0.2) is 17.6 Å². The number of rotatable bonds is 6. The van der Waals surface area contributed by atoms with Gasteiger partial charge in [0.15, 0.2) is 0 Å². The number of para-hydroxylation sites is 1. The Morgan fingerprint density at radius 1 is 1.04 bits per heavy atom. The summed E-state index contributed by atoms with van der Waals surface area (Å²) in [6.07, 6.45) is -4.80. The van der Waals surface area contributed by atoms with Crippen molar-refractivity contribution in [2.75, 3.05) is 7.11 Å². The standard InChI is InChI=1S/C21H18F3NO3/c1-28-16-10-6-14(7-11-16)18-12-8-15(9-13-20(26)27)25(18)19-5-3-2-4-17(19)21(22,23)24/h2-8,10-12H,9,13H2,1H3,(H,26,27)/p-1. The Balaban J connectivity index is 2.19. The number of halogens is 3. The molecule has 0 unspecified atom stereocenters. The van der Waals surface area contributed by atoms with Gasteiger partial charge in [-0.25, -0.2) is 0 Å². The zero-order valence-corrected chi connectivity index (χ0v) is 15.0. The minimum absolute atomic E-state index is 0.0463. The molecule has 3 aromatic rings. The van der Waals surface area contributed by atoms with Gasteiger partial charge in [-0.3, -0.25) is 0 Å². The number of methoxy groups -OCH3 is 1. The number of carboxylic acid groups (broad SMARTS) is 1. The molecule has 0 radical (unpaired) electrons. The summed E-state index contributed by atoms with van der Waals surface area (Å²) < 4.78 is 47.3. The van der Waals surface area contributed by atoms with Crippen LogP contribution >= 0.6 is 0 Å². The van der Waals surface area contributed by atoms with E-state index in [1.165, 1.54) is 29.9 Å². The van der Waals surface area contributed by atoms with Gasteiger partial charge in [-0.2, -0.15) is 13.2 Å². The molecule has 3 rings (SSSR count). The van der Waals surface area contributed by atoms with Crippen molar-refractivity contribution in [1.82, 2.24) is 4.57 Å². The fourth-order valence-corrected chi connectivity index (χ4v) is 3.08. The molecule has 0 aliphatic rings. The highest BCUT2D eigenvalue weighted by Gasteiger charge is 2.34. The summed E-state index contributed by atoms with van der Waals surface area (Å²) in [4.78, 5) is 10.9. The van der Waals surface area contributed by atoms with Gasteiger partial charge < -0.3 is 19.2 Å². The number of carboxylic acids is 1. The highest BCUT2D eigenvalue weighted by Crippen LogP contribution is 2.37. The van der Waals surface area contributed by atoms with Gasteiger partial charge in [0.25, 0.3) is 0 Å². The van der Waals surface area contributed by atoms with Crippen LogP contribution in [0.25, 0.3) is 16.9 Å². The smallest absolute Gasteiger partial charge is 0.418 e. The zero-order valence-electron chi connectivity index (χ0n) is 15.0. The highest BCUT2D eigenvalue weighted by molar-refractivity contribution is 5.67. The average molecular weight is 388 g/mol. The largest absolute Gasteiger partial charge is 0.550 e. The molecule has 2 aromatic carbocycles. The number of carbonyl (C=O) groups is 1. The predicted octanol–water partition coefficient (Wildman–Crippen LogP) is 3.85. The molecule has 7 heteroatoms. The fraction of sp³-hybridized carbons (Fsp3) is 0.190. The van der Waals surface area contributed by atoms with E-state index in [4.69, 9.17) is 4.74 Å². The normalized spacial score (nSPS) is 11.4. The first-order valence-corrected chi connectivity index (χ1v) is 8.52. The number of aromatic nitrogens is 1. The Hall–Kier alpha value is -3.22. The van der Waals surface area contributed by atoms with Crippen molar-refractivity contribution in [2.24, 2.45) is 0 Å². The molecule has 0 aliphatic heterocycles. The minimum Gasteiger partial charge on any atom is -0.550 e. The SMILES string of the molecule is COc1ccc(-c2ccc(CCC(=O)[O-])n2-c2ccccc2C(F)(F)F)cc1. The molecule has 0 saturated carbocycles. The van der Waals surface area contributed by atoms with Crippen LogP contribution in [0.4, 0.5) is 13.2 Å². The molecule has 0 spiro atoms. The van der Waals surface area contributed by atoms with Gasteiger partial charge in [0.05, 0.1) is 24.1 Å². The van der Waals surface area contributed by atoms with Crippen molar-refractivity contribution < 1.29 is 27.8 Å². The molecule has 0 atom stereocenters. The number of hydrogen-bond donors (Lipinski definition) is 0. The van der Waals surface area contributed by atoms with E-state index >= 15 is 0 Å². The van der Waals surface area contributed by atoms with Crippen molar-refractivity contribution in [3.8, 4) is 22.7 Å². The van der Waals surface area contributed by atoms with Gasteiger partial charge >= 0.3 is 6.18 Å². The van der Waals surface area contributed by atoms with Crippen LogP contribution in [0.1, 0.15) is 17.7 Å². The lowest BCUT2D eigenvalue weighted by Gasteiger charge is -2.19. The Bertz CT molecular complexity index is 975. The van der Waals surface area contributed by atoms with Crippen LogP contribution in [0.3, 0.4) is 0 Å². The van der Waals surface area contributed by atoms with Gasteiger partial charge in [-0.05, 0) is 66.9 Å². The van der Waals surface area contributed by atoms with Gasteiger partial charge in [-0.15, -0.1) is 0 Å². The summed E-state index contributed by atoms with van der Waals surface area (Å²) in [7, 11) is 1.52. The molecule has 4 nitrogen and oxygen atoms in total. The Morgan fingerprint density at radius 3 is 2.32 bits per heavy atom. The van der Waals surface area contributed by atoms with E-state index < -0.39 is 17.7 Å². The molecule has 28 heavy (non-hydrogen) atoms. The fourth-order valence-electron chi connectivity index (χ4n) is 3.08. The van der Waals surface area contributed by atoms with E-state index in [1.807, 2.05) is 0 Å². The number of benzene rings is 2. The van der Waals surface area contributed by atoms with Crippen LogP contribution in [0.5, 0.6) is 5.75 Å². The molecule has 1 heterocycles. The monoisotopic (exact) mass is 388 g/mol. The highest BCUT2D eigenvalue weighted by atomic mass is 19.4. The summed E-state index contributed by atoms with van der Waals surface area (Å²) in [5.74, 6) is -0.641. The predicted molar refractivity (Wildman–Crippen MR) is 96.1 cm³/mol. The van der Waals surface area contributed by atoms with E-state index in [-0.39, 0.29) is 18.5 Å². The first kappa shape index (κ1) is 19.5. The molecule has 146 valence electrons. The van der Waals surface area contributed by atoms with Gasteiger partial charge in [0.1, 0.15) is 5.75 Å². The van der Waals surface area contributed by atoms with Gasteiger partial charge in [0, 0.05) is 11.7 Å². The van der Waals surface area contributed by atoms with Crippen molar-refractivity contribution in [2.45, 2.75) is 19.0 Å². The molecular formula is C21H17F3NO3-. The Kier molecular flexibility index (Phi) is 5.44. The lowest BCUT2D eigenvalue weighted by Crippen LogP contribution is -2.23. The molecule has 0 bridgehead atoms. The topological polar surface area (TPSA) is 54.3 Å². The first-order valence-electron chi connectivity index (χ1n) is 8.52. The molecule has 0 N–H and O–H groups in total. The summed E-state index contributed by atoms with van der Waals surface area (Å²) >= 11 is 0. The number of aliphatic carboxylic acids is 1. The molecule has 0 fully saturated rings.